The molecule has 0 aliphatic rings. The molecule has 1 atom stereocenters. The molecule has 2 heterocycles. The number of carboxylic acids is 4. The second kappa shape index (κ2) is 17.2. The summed E-state index contributed by atoms with van der Waals surface area (Å²) in [6, 6.07) is 7.79. The maximum Gasteiger partial charge on any atom is 0.328 e. The first-order chi connectivity index (χ1) is 16.5. The molecule has 0 spiro atoms. The molecule has 35 heavy (non-hydrogen) atoms. The first kappa shape index (κ1) is 30.6. The summed E-state index contributed by atoms with van der Waals surface area (Å²) in [7, 11) is 0. The van der Waals surface area contributed by atoms with Crippen LogP contribution >= 0.6 is 11.3 Å². The topological polar surface area (TPSA) is 217 Å². The highest BCUT2D eigenvalue weighted by Crippen LogP contribution is 2.26. The van der Waals surface area contributed by atoms with Crippen molar-refractivity contribution in [3.63, 3.8) is 0 Å². The molecule has 0 aromatic carbocycles. The van der Waals surface area contributed by atoms with Gasteiger partial charge in [0.1, 0.15) is 0 Å². The van der Waals surface area contributed by atoms with Gasteiger partial charge in [0.15, 0.2) is 0 Å². The predicted octanol–water partition coefficient (Wildman–Crippen LogP) is 1.23. The minimum atomic E-state index is -1.26. The number of nitrogens with two attached hydrogens (primary N) is 1. The van der Waals surface area contributed by atoms with Gasteiger partial charge in [-0.2, -0.15) is 0 Å². The number of carboxylic acid groups (broad SMARTS) is 4. The van der Waals surface area contributed by atoms with E-state index in [0.717, 1.165) is 10.6 Å². The number of pyridine rings is 1. The number of hydrogen-bond acceptors (Lipinski definition) is 8. The van der Waals surface area contributed by atoms with Crippen LogP contribution in [0.2, 0.25) is 0 Å². The van der Waals surface area contributed by atoms with Crippen molar-refractivity contribution < 1.29 is 44.4 Å². The molecular weight excluding hydrogens is 482 g/mol. The molecule has 12 nitrogen and oxygen atoms in total. The van der Waals surface area contributed by atoms with E-state index in [9.17, 15) is 24.0 Å². The van der Waals surface area contributed by atoms with E-state index >= 15 is 0 Å². The molecule has 2 rings (SSSR count). The molecule has 0 radical (unpaired) electrons. The number of carbonyl (C=O) groups is 5. The molecule has 7 N–H and O–H groups in total. The average molecular weight is 508 g/mol. The van der Waals surface area contributed by atoms with Crippen molar-refractivity contribution in [1.82, 2.24) is 10.3 Å². The fraction of sp³-hybridized carbons (Fsp3) is 0.182. The number of aromatic nitrogens is 1. The molecule has 1 unspecified atom stereocenters. The normalized spacial score (nSPS) is 10.9. The number of carbonyl (C=O) groups excluding carboxylic acids is 1. The zero-order valence-electron chi connectivity index (χ0n) is 18.5. The van der Waals surface area contributed by atoms with E-state index in [2.05, 4.69) is 16.4 Å². The molecule has 0 bridgehead atoms. The minimum absolute atomic E-state index is 0.00312. The largest absolute Gasteiger partial charge is 0.478 e. The van der Waals surface area contributed by atoms with Crippen LogP contribution in [0.1, 0.15) is 22.2 Å². The number of thiophene rings is 1. The molecule has 1 amide bonds. The molecule has 188 valence electrons. The Kier molecular flexibility index (Phi) is 15.0. The third-order valence-electron chi connectivity index (χ3n) is 3.62. The molecule has 0 saturated heterocycles. The second-order valence-electron chi connectivity index (χ2n) is 6.34. The van der Waals surface area contributed by atoms with Gasteiger partial charge >= 0.3 is 23.9 Å². The first-order valence-corrected chi connectivity index (χ1v) is 10.5. The van der Waals surface area contributed by atoms with Crippen LogP contribution in [0.4, 0.5) is 0 Å². The molecular formula is C22H25N3O9S. The fourth-order valence-corrected chi connectivity index (χ4v) is 3.20. The lowest BCUT2D eigenvalue weighted by molar-refractivity contribution is -0.134. The lowest BCUT2D eigenvalue weighted by Gasteiger charge is -2.18. The number of amides is 1. The number of nitrogens with one attached hydrogen (secondary N) is 1. The Morgan fingerprint density at radius 2 is 1.46 bits per heavy atom. The van der Waals surface area contributed by atoms with Gasteiger partial charge in [-0.1, -0.05) is 6.07 Å². The highest BCUT2D eigenvalue weighted by Gasteiger charge is 2.18. The molecule has 13 heteroatoms. The molecule has 0 aliphatic carbocycles. The summed E-state index contributed by atoms with van der Waals surface area (Å²) in [6.07, 6.45) is 4.67. The van der Waals surface area contributed by atoms with Gasteiger partial charge in [0, 0.05) is 47.5 Å². The fourth-order valence-electron chi connectivity index (χ4n) is 2.22. The minimum Gasteiger partial charge on any atom is -0.478 e. The van der Waals surface area contributed by atoms with Crippen molar-refractivity contribution in [2.24, 2.45) is 5.73 Å². The number of aliphatic carboxylic acids is 4. The van der Waals surface area contributed by atoms with Gasteiger partial charge in [-0.15, -0.1) is 11.3 Å². The lowest BCUT2D eigenvalue weighted by Crippen LogP contribution is -2.34. The lowest BCUT2D eigenvalue weighted by atomic mass is 10.1. The van der Waals surface area contributed by atoms with E-state index < -0.39 is 23.9 Å². The maximum absolute atomic E-state index is 11.6. The van der Waals surface area contributed by atoms with Gasteiger partial charge in [0.2, 0.25) is 5.91 Å². The van der Waals surface area contributed by atoms with Crippen LogP contribution in [0, 0.1) is 6.92 Å². The van der Waals surface area contributed by atoms with Crippen molar-refractivity contribution in [2.75, 3.05) is 6.54 Å². The summed E-state index contributed by atoms with van der Waals surface area (Å²) < 4.78 is 0. The molecule has 0 fully saturated rings. The van der Waals surface area contributed by atoms with E-state index in [0.29, 0.717) is 30.7 Å². The highest BCUT2D eigenvalue weighted by atomic mass is 32.1. The Balaban J connectivity index is 0.000000601. The Labute approximate surface area is 204 Å². The smallest absolute Gasteiger partial charge is 0.328 e. The van der Waals surface area contributed by atoms with Crippen molar-refractivity contribution in [3.05, 3.63) is 76.3 Å². The van der Waals surface area contributed by atoms with Gasteiger partial charge in [0.05, 0.1) is 12.6 Å². The van der Waals surface area contributed by atoms with E-state index in [-0.39, 0.29) is 18.5 Å². The Bertz CT molecular complexity index is 983. The summed E-state index contributed by atoms with van der Waals surface area (Å²) in [4.78, 5) is 55.3. The monoisotopic (exact) mass is 507 g/mol. The highest BCUT2D eigenvalue weighted by molar-refractivity contribution is 7.10. The number of aryl methyl sites for hydroxylation is 1. The van der Waals surface area contributed by atoms with Gasteiger partial charge in [-0.3, -0.25) is 9.78 Å². The summed E-state index contributed by atoms with van der Waals surface area (Å²) in [5.74, 6) is -5.17. The number of nitrogens with zero attached hydrogens (tertiary/aromatic N) is 1. The van der Waals surface area contributed by atoms with Gasteiger partial charge in [0.25, 0.3) is 0 Å². The Morgan fingerprint density at radius 3 is 1.80 bits per heavy atom. The molecule has 0 aliphatic heterocycles. The van der Waals surface area contributed by atoms with E-state index in [4.69, 9.17) is 26.2 Å². The third kappa shape index (κ3) is 16.0. The number of hydrogen-bond donors (Lipinski definition) is 6. The Morgan fingerprint density at radius 1 is 0.943 bits per heavy atom. The summed E-state index contributed by atoms with van der Waals surface area (Å²) in [5, 5.41) is 36.2. The predicted molar refractivity (Wildman–Crippen MR) is 126 cm³/mol. The van der Waals surface area contributed by atoms with E-state index in [1.54, 1.807) is 17.5 Å². The quantitative estimate of drug-likeness (QED) is 0.265. The van der Waals surface area contributed by atoms with Crippen molar-refractivity contribution in [1.29, 1.82) is 0 Å². The van der Waals surface area contributed by atoms with Crippen LogP contribution in [-0.2, 0) is 30.4 Å². The zero-order chi connectivity index (χ0) is 26.8. The molecule has 2 aromatic rings. The molecule has 0 saturated carbocycles. The van der Waals surface area contributed by atoms with Gasteiger partial charge in [-0.05, 0) is 36.1 Å². The average Bonchev–Trinajstić information content (AvgIpc) is 3.23. The summed E-state index contributed by atoms with van der Waals surface area (Å²) in [6.45, 7) is 2.05. The van der Waals surface area contributed by atoms with Crippen LogP contribution in [0.5, 0.6) is 0 Å². The van der Waals surface area contributed by atoms with Crippen LogP contribution in [0.15, 0.2) is 60.1 Å². The first-order valence-electron chi connectivity index (χ1n) is 9.67. The summed E-state index contributed by atoms with van der Waals surface area (Å²) in [5.41, 5.74) is 7.52. The van der Waals surface area contributed by atoms with Gasteiger partial charge < -0.3 is 31.5 Å². The van der Waals surface area contributed by atoms with Crippen LogP contribution in [0.3, 0.4) is 0 Å². The van der Waals surface area contributed by atoms with E-state index in [1.165, 1.54) is 5.56 Å². The van der Waals surface area contributed by atoms with E-state index in [1.807, 2.05) is 30.5 Å². The summed E-state index contributed by atoms with van der Waals surface area (Å²) >= 11 is 1.65. The second-order valence-corrected chi connectivity index (χ2v) is 7.28. The Hall–Kier alpha value is -4.36. The maximum atomic E-state index is 11.6. The van der Waals surface area contributed by atoms with Crippen molar-refractivity contribution >= 4 is 41.1 Å². The SMILES string of the molecule is Cc1ccsc1C(Cc1ccccn1)NC(=O)CN.O=C(O)/C=C/C(=O)O.O=C(O)/C=C/C(=O)O. The zero-order valence-corrected chi connectivity index (χ0v) is 19.3. The van der Waals surface area contributed by atoms with Crippen LogP contribution < -0.4 is 11.1 Å². The third-order valence-corrected chi connectivity index (χ3v) is 4.75. The standard InChI is InChI=1S/C14H17N3OS.2C4H4O4/c1-10-5-7-19-14(10)12(17-13(18)9-15)8-11-4-2-3-6-16-11;2*5-3(6)1-2-4(7)8/h2-7,12H,8-9,15H2,1H3,(H,17,18);2*1-2H,(H,5,6)(H,7,8)/b;2*2-1+. The van der Waals surface area contributed by atoms with Crippen molar-refractivity contribution in [2.45, 2.75) is 19.4 Å². The van der Waals surface area contributed by atoms with Crippen LogP contribution in [0.25, 0.3) is 0 Å². The number of rotatable bonds is 9. The van der Waals surface area contributed by atoms with Gasteiger partial charge in [-0.25, -0.2) is 19.2 Å². The molecule has 2 aromatic heterocycles. The van der Waals surface area contributed by atoms with Crippen LogP contribution in [-0.4, -0.2) is 61.7 Å². The van der Waals surface area contributed by atoms with Crippen molar-refractivity contribution in [3.8, 4) is 0 Å².